The summed E-state index contributed by atoms with van der Waals surface area (Å²) in [6.45, 7) is 2.81. The number of aryl methyl sites for hydroxylation is 1. The highest BCUT2D eigenvalue weighted by Gasteiger charge is 2.43. The first-order valence-electron chi connectivity index (χ1n) is 11.3. The first-order chi connectivity index (χ1) is 17.9. The van der Waals surface area contributed by atoms with E-state index in [9.17, 15) is 37.8 Å². The van der Waals surface area contributed by atoms with Crippen LogP contribution in [0.4, 0.5) is 0 Å². The Balaban J connectivity index is 1.98. The molecule has 3 unspecified atom stereocenters. The van der Waals surface area contributed by atoms with Gasteiger partial charge in [-0.2, -0.15) is 8.42 Å². The fraction of sp³-hybridized carbons (Fsp3) is 0.185. The molecule has 38 heavy (non-hydrogen) atoms. The summed E-state index contributed by atoms with van der Waals surface area (Å²) in [5, 5.41) is 22.0. The molecule has 3 aromatic rings. The molecule has 0 bridgehead atoms. The van der Waals surface area contributed by atoms with Crippen LogP contribution in [-0.4, -0.2) is 48.3 Å². The SMILES string of the molecule is CC(=O)C(C(=O)O)C(c1ccc(OS(=O)(=O)c2ccc(C)cc2)cc1)C(NC(=O)c1ccccc1)C(=O)O. The van der Waals surface area contributed by atoms with Gasteiger partial charge in [-0.15, -0.1) is 0 Å². The lowest BCUT2D eigenvalue weighted by Gasteiger charge is -2.29. The molecule has 0 fully saturated rings. The Morgan fingerprint density at radius 2 is 1.39 bits per heavy atom. The third-order valence-corrected chi connectivity index (χ3v) is 7.05. The highest BCUT2D eigenvalue weighted by atomic mass is 32.2. The average molecular weight is 540 g/mol. The van der Waals surface area contributed by atoms with Gasteiger partial charge in [-0.05, 0) is 55.8 Å². The number of ketones is 1. The molecule has 0 spiro atoms. The average Bonchev–Trinajstić information content (AvgIpc) is 2.86. The Morgan fingerprint density at radius 3 is 1.89 bits per heavy atom. The number of aliphatic carboxylic acids is 2. The van der Waals surface area contributed by atoms with Gasteiger partial charge >= 0.3 is 22.1 Å². The van der Waals surface area contributed by atoms with E-state index in [0.717, 1.165) is 12.5 Å². The van der Waals surface area contributed by atoms with Gasteiger partial charge < -0.3 is 19.7 Å². The number of Topliss-reactive ketones (excluding diaryl/α,β-unsaturated/α-hetero) is 1. The lowest BCUT2D eigenvalue weighted by Crippen LogP contribution is -2.49. The number of hydrogen-bond acceptors (Lipinski definition) is 7. The molecular weight excluding hydrogens is 514 g/mol. The Morgan fingerprint density at radius 1 is 0.816 bits per heavy atom. The van der Waals surface area contributed by atoms with Gasteiger partial charge in [-0.3, -0.25) is 14.4 Å². The third kappa shape index (κ3) is 6.62. The van der Waals surface area contributed by atoms with Crippen molar-refractivity contribution in [2.24, 2.45) is 5.92 Å². The van der Waals surface area contributed by atoms with E-state index in [4.69, 9.17) is 4.18 Å². The number of carbonyl (C=O) groups excluding carboxylic acids is 2. The predicted molar refractivity (Wildman–Crippen MR) is 135 cm³/mol. The van der Waals surface area contributed by atoms with Crippen LogP contribution in [0.1, 0.15) is 34.3 Å². The maximum Gasteiger partial charge on any atom is 0.339 e. The Labute approximate surface area is 219 Å². The zero-order valence-electron chi connectivity index (χ0n) is 20.4. The molecule has 0 aromatic heterocycles. The minimum absolute atomic E-state index is 0.0634. The summed E-state index contributed by atoms with van der Waals surface area (Å²) >= 11 is 0. The topological polar surface area (TPSA) is 164 Å². The first kappa shape index (κ1) is 28.1. The monoisotopic (exact) mass is 539 g/mol. The highest BCUT2D eigenvalue weighted by molar-refractivity contribution is 7.87. The van der Waals surface area contributed by atoms with E-state index in [2.05, 4.69) is 5.32 Å². The summed E-state index contributed by atoms with van der Waals surface area (Å²) in [5.41, 5.74) is 1.05. The maximum atomic E-state index is 12.7. The lowest BCUT2D eigenvalue weighted by atomic mass is 9.78. The summed E-state index contributed by atoms with van der Waals surface area (Å²) in [7, 11) is -4.18. The van der Waals surface area contributed by atoms with Crippen molar-refractivity contribution < 1.29 is 42.0 Å². The molecule has 198 valence electrons. The van der Waals surface area contributed by atoms with Gasteiger partial charge in [0.1, 0.15) is 28.4 Å². The van der Waals surface area contributed by atoms with Crippen molar-refractivity contribution in [3.05, 3.63) is 95.6 Å². The number of hydrogen-bond donors (Lipinski definition) is 3. The van der Waals surface area contributed by atoms with Crippen LogP contribution < -0.4 is 9.50 Å². The second-order valence-electron chi connectivity index (χ2n) is 8.53. The van der Waals surface area contributed by atoms with Gasteiger partial charge in [0.05, 0.1) is 0 Å². The van der Waals surface area contributed by atoms with Crippen LogP contribution >= 0.6 is 0 Å². The number of rotatable bonds is 11. The van der Waals surface area contributed by atoms with Crippen LogP contribution in [0, 0.1) is 12.8 Å². The van der Waals surface area contributed by atoms with Crippen LogP contribution in [0.15, 0.2) is 83.8 Å². The quantitative estimate of drug-likeness (QED) is 0.245. The zero-order chi connectivity index (χ0) is 28.0. The van der Waals surface area contributed by atoms with E-state index in [1.807, 2.05) is 0 Å². The number of benzene rings is 3. The second kappa shape index (κ2) is 11.7. The molecule has 0 aliphatic heterocycles. The molecule has 0 aliphatic rings. The van der Waals surface area contributed by atoms with Crippen molar-refractivity contribution in [3.63, 3.8) is 0 Å². The number of nitrogens with one attached hydrogen (secondary N) is 1. The van der Waals surface area contributed by atoms with Crippen molar-refractivity contribution in [1.82, 2.24) is 5.32 Å². The van der Waals surface area contributed by atoms with Crippen molar-refractivity contribution >= 4 is 33.7 Å². The Bertz CT molecular complexity index is 1420. The zero-order valence-corrected chi connectivity index (χ0v) is 21.2. The molecule has 3 N–H and O–H groups in total. The summed E-state index contributed by atoms with van der Waals surface area (Å²) in [6, 6.07) is 16.8. The second-order valence-corrected chi connectivity index (χ2v) is 10.1. The van der Waals surface area contributed by atoms with Crippen LogP contribution in [0.5, 0.6) is 5.75 Å². The van der Waals surface area contributed by atoms with E-state index < -0.39 is 51.6 Å². The number of amides is 1. The van der Waals surface area contributed by atoms with E-state index in [-0.39, 0.29) is 21.8 Å². The van der Waals surface area contributed by atoms with Gasteiger partial charge in [-0.25, -0.2) is 4.79 Å². The molecule has 3 rings (SSSR count). The summed E-state index contributed by atoms with van der Waals surface area (Å²) in [5.74, 6) is -8.22. The molecular formula is C27H25NO9S. The van der Waals surface area contributed by atoms with Crippen molar-refractivity contribution in [2.45, 2.75) is 30.7 Å². The fourth-order valence-corrected chi connectivity index (χ4v) is 4.83. The van der Waals surface area contributed by atoms with Gasteiger partial charge in [0.2, 0.25) is 0 Å². The Kier molecular flexibility index (Phi) is 8.64. The minimum Gasteiger partial charge on any atom is -0.481 e. The van der Waals surface area contributed by atoms with Gasteiger partial charge in [-0.1, -0.05) is 48.0 Å². The molecule has 11 heteroatoms. The standard InChI is InChI=1S/C27H25NO9S/c1-16-8-14-21(15-9-16)38(35,36)37-20-12-10-18(11-13-20)23(22(17(2)29)26(31)32)24(27(33)34)28-25(30)19-6-4-3-5-7-19/h3-15,22-24H,1-2H3,(H,28,30)(H,31,32)(H,33,34). The molecule has 3 atom stereocenters. The maximum absolute atomic E-state index is 12.7. The van der Waals surface area contributed by atoms with Crippen molar-refractivity contribution in [2.75, 3.05) is 0 Å². The van der Waals surface area contributed by atoms with Crippen molar-refractivity contribution in [3.8, 4) is 5.75 Å². The summed E-state index contributed by atoms with van der Waals surface area (Å²) in [4.78, 5) is 49.3. The van der Waals surface area contributed by atoms with Crippen LogP contribution in [0.25, 0.3) is 0 Å². The number of carboxylic acid groups (broad SMARTS) is 2. The molecule has 0 saturated carbocycles. The van der Waals surface area contributed by atoms with Crippen LogP contribution in [0.2, 0.25) is 0 Å². The van der Waals surface area contributed by atoms with Crippen LogP contribution in [-0.2, 0) is 24.5 Å². The largest absolute Gasteiger partial charge is 0.481 e. The molecule has 1 amide bonds. The van der Waals surface area contributed by atoms with Gasteiger partial charge in [0.15, 0.2) is 0 Å². The minimum atomic E-state index is -4.18. The number of carboxylic acids is 2. The molecule has 0 heterocycles. The first-order valence-corrected chi connectivity index (χ1v) is 12.7. The fourth-order valence-electron chi connectivity index (χ4n) is 3.90. The summed E-state index contributed by atoms with van der Waals surface area (Å²) in [6.07, 6.45) is 0. The van der Waals surface area contributed by atoms with Crippen LogP contribution in [0.3, 0.4) is 0 Å². The van der Waals surface area contributed by atoms with Crippen molar-refractivity contribution in [1.29, 1.82) is 0 Å². The summed E-state index contributed by atoms with van der Waals surface area (Å²) < 4.78 is 30.4. The lowest BCUT2D eigenvalue weighted by molar-refractivity contribution is -0.148. The van der Waals surface area contributed by atoms with E-state index in [1.54, 1.807) is 37.3 Å². The predicted octanol–water partition coefficient (Wildman–Crippen LogP) is 3.02. The van der Waals surface area contributed by atoms with E-state index >= 15 is 0 Å². The number of carbonyl (C=O) groups is 4. The normalized spacial score (nSPS) is 13.5. The molecule has 0 radical (unpaired) electrons. The molecule has 0 saturated heterocycles. The smallest absolute Gasteiger partial charge is 0.339 e. The van der Waals surface area contributed by atoms with Gasteiger partial charge in [0, 0.05) is 11.5 Å². The molecule has 3 aromatic carbocycles. The molecule has 0 aliphatic carbocycles. The van der Waals surface area contributed by atoms with E-state index in [1.165, 1.54) is 48.5 Å². The molecule has 10 nitrogen and oxygen atoms in total. The highest BCUT2D eigenvalue weighted by Crippen LogP contribution is 2.32. The Hall–Kier alpha value is -4.51. The van der Waals surface area contributed by atoms with E-state index in [0.29, 0.717) is 0 Å². The third-order valence-electron chi connectivity index (χ3n) is 5.79. The van der Waals surface area contributed by atoms with Gasteiger partial charge in [0.25, 0.3) is 5.91 Å².